The van der Waals surface area contributed by atoms with Crippen LogP contribution in [0.3, 0.4) is 0 Å². The molecule has 0 saturated heterocycles. The summed E-state index contributed by atoms with van der Waals surface area (Å²) < 4.78 is 10.5. The van der Waals surface area contributed by atoms with Gasteiger partial charge in [0.05, 0.1) is 5.92 Å². The SMILES string of the molecule is CCCC(OC)c1noc(C2CCCC2=O)n1. The molecular weight excluding hydrogens is 220 g/mol. The standard InChI is InChI=1S/C12H18N2O3/c1-3-5-10(16-2)11-13-12(17-14-11)8-6-4-7-9(8)15/h8,10H,3-7H2,1-2H3. The van der Waals surface area contributed by atoms with Crippen molar-refractivity contribution in [3.63, 3.8) is 0 Å². The molecule has 0 N–H and O–H groups in total. The number of carbonyl (C=O) groups is 1. The van der Waals surface area contributed by atoms with Crippen LogP contribution in [-0.2, 0) is 9.53 Å². The number of Topliss-reactive ketones (excluding diaryl/α,β-unsaturated/α-hetero) is 1. The minimum atomic E-state index is -0.185. The minimum Gasteiger partial charge on any atom is -0.373 e. The highest BCUT2D eigenvalue weighted by molar-refractivity contribution is 5.86. The molecule has 2 rings (SSSR count). The molecule has 0 bridgehead atoms. The highest BCUT2D eigenvalue weighted by atomic mass is 16.5. The van der Waals surface area contributed by atoms with E-state index in [1.165, 1.54) is 0 Å². The fourth-order valence-electron chi connectivity index (χ4n) is 2.21. The Morgan fingerprint density at radius 3 is 3.00 bits per heavy atom. The average molecular weight is 238 g/mol. The molecule has 0 aromatic carbocycles. The van der Waals surface area contributed by atoms with E-state index in [-0.39, 0.29) is 17.8 Å². The Labute approximate surface area is 101 Å². The van der Waals surface area contributed by atoms with Crippen molar-refractivity contribution in [2.24, 2.45) is 0 Å². The number of ether oxygens (including phenoxy) is 1. The number of hydrogen-bond acceptors (Lipinski definition) is 5. The van der Waals surface area contributed by atoms with Gasteiger partial charge >= 0.3 is 0 Å². The molecule has 1 aromatic rings. The number of ketones is 1. The first kappa shape index (κ1) is 12.2. The number of rotatable bonds is 5. The molecule has 1 saturated carbocycles. The summed E-state index contributed by atoms with van der Waals surface area (Å²) in [5.41, 5.74) is 0. The van der Waals surface area contributed by atoms with Crippen molar-refractivity contribution >= 4 is 5.78 Å². The summed E-state index contributed by atoms with van der Waals surface area (Å²) in [5, 5.41) is 3.92. The predicted molar refractivity (Wildman–Crippen MR) is 60.6 cm³/mol. The highest BCUT2D eigenvalue weighted by Gasteiger charge is 2.31. The molecule has 0 aliphatic heterocycles. The minimum absolute atomic E-state index is 0.131. The van der Waals surface area contributed by atoms with E-state index in [0.29, 0.717) is 18.1 Å². The fraction of sp³-hybridized carbons (Fsp3) is 0.750. The van der Waals surface area contributed by atoms with Crippen molar-refractivity contribution in [2.75, 3.05) is 7.11 Å². The number of hydrogen-bond donors (Lipinski definition) is 0. The quantitative estimate of drug-likeness (QED) is 0.788. The van der Waals surface area contributed by atoms with E-state index in [0.717, 1.165) is 25.7 Å². The molecule has 1 heterocycles. The third-order valence-corrected chi connectivity index (χ3v) is 3.18. The van der Waals surface area contributed by atoms with Crippen LogP contribution in [0.1, 0.15) is 62.8 Å². The lowest BCUT2D eigenvalue weighted by Gasteiger charge is -2.08. The third-order valence-electron chi connectivity index (χ3n) is 3.18. The van der Waals surface area contributed by atoms with E-state index < -0.39 is 0 Å². The van der Waals surface area contributed by atoms with Gasteiger partial charge in [-0.15, -0.1) is 0 Å². The third kappa shape index (κ3) is 2.54. The Bertz CT molecular complexity index is 389. The lowest BCUT2D eigenvalue weighted by Crippen LogP contribution is -2.06. The summed E-state index contributed by atoms with van der Waals surface area (Å²) in [4.78, 5) is 15.9. The molecule has 0 amide bonds. The molecule has 5 heteroatoms. The topological polar surface area (TPSA) is 65.2 Å². The van der Waals surface area contributed by atoms with Gasteiger partial charge in [0.2, 0.25) is 11.7 Å². The lowest BCUT2D eigenvalue weighted by molar-refractivity contribution is -0.119. The number of carbonyl (C=O) groups excluding carboxylic acids is 1. The van der Waals surface area contributed by atoms with Crippen molar-refractivity contribution in [3.8, 4) is 0 Å². The highest BCUT2D eigenvalue weighted by Crippen LogP contribution is 2.31. The molecule has 0 spiro atoms. The summed E-state index contributed by atoms with van der Waals surface area (Å²) in [7, 11) is 1.64. The molecule has 1 aliphatic rings. The van der Waals surface area contributed by atoms with Gasteiger partial charge in [0, 0.05) is 13.5 Å². The van der Waals surface area contributed by atoms with Gasteiger partial charge in [-0.25, -0.2) is 0 Å². The molecule has 1 aliphatic carbocycles. The van der Waals surface area contributed by atoms with Gasteiger partial charge < -0.3 is 9.26 Å². The van der Waals surface area contributed by atoms with Crippen molar-refractivity contribution in [3.05, 3.63) is 11.7 Å². The van der Waals surface area contributed by atoms with Crippen molar-refractivity contribution in [1.29, 1.82) is 0 Å². The second-order valence-electron chi connectivity index (χ2n) is 4.41. The van der Waals surface area contributed by atoms with Crippen molar-refractivity contribution < 1.29 is 14.1 Å². The summed E-state index contributed by atoms with van der Waals surface area (Å²) in [6.07, 6.45) is 4.09. The summed E-state index contributed by atoms with van der Waals surface area (Å²) in [5.74, 6) is 1.05. The van der Waals surface area contributed by atoms with Crippen LogP contribution in [0.2, 0.25) is 0 Å². The van der Waals surface area contributed by atoms with E-state index in [2.05, 4.69) is 17.1 Å². The zero-order valence-corrected chi connectivity index (χ0v) is 10.3. The van der Waals surface area contributed by atoms with Gasteiger partial charge in [0.25, 0.3) is 0 Å². The summed E-state index contributed by atoms with van der Waals surface area (Å²) >= 11 is 0. The molecule has 2 atom stereocenters. The molecule has 1 aromatic heterocycles. The Morgan fingerprint density at radius 1 is 1.59 bits per heavy atom. The van der Waals surface area contributed by atoms with Crippen LogP contribution < -0.4 is 0 Å². The van der Waals surface area contributed by atoms with Crippen LogP contribution in [0, 0.1) is 0 Å². The second-order valence-corrected chi connectivity index (χ2v) is 4.41. The van der Waals surface area contributed by atoms with Crippen LogP contribution in [0.4, 0.5) is 0 Å². The van der Waals surface area contributed by atoms with Crippen LogP contribution in [0.25, 0.3) is 0 Å². The number of methoxy groups -OCH3 is 1. The van der Waals surface area contributed by atoms with Gasteiger partial charge in [0.15, 0.2) is 0 Å². The first-order chi connectivity index (χ1) is 8.26. The van der Waals surface area contributed by atoms with Crippen LogP contribution >= 0.6 is 0 Å². The number of aromatic nitrogens is 2. The van der Waals surface area contributed by atoms with Gasteiger partial charge in [-0.1, -0.05) is 18.5 Å². The maximum atomic E-state index is 11.6. The Kier molecular flexibility index (Phi) is 3.89. The van der Waals surface area contributed by atoms with Gasteiger partial charge in [-0.3, -0.25) is 4.79 Å². The summed E-state index contributed by atoms with van der Waals surface area (Å²) in [6.45, 7) is 2.08. The van der Waals surface area contributed by atoms with E-state index in [4.69, 9.17) is 9.26 Å². The largest absolute Gasteiger partial charge is 0.373 e. The molecule has 0 radical (unpaired) electrons. The van der Waals surface area contributed by atoms with E-state index in [9.17, 15) is 4.79 Å². The predicted octanol–water partition coefficient (Wildman–Crippen LogP) is 2.39. The maximum Gasteiger partial charge on any atom is 0.237 e. The smallest absolute Gasteiger partial charge is 0.237 e. The molecule has 2 unspecified atom stereocenters. The maximum absolute atomic E-state index is 11.6. The first-order valence-corrected chi connectivity index (χ1v) is 6.15. The van der Waals surface area contributed by atoms with Crippen molar-refractivity contribution in [1.82, 2.24) is 10.1 Å². The zero-order valence-electron chi connectivity index (χ0n) is 10.3. The first-order valence-electron chi connectivity index (χ1n) is 6.15. The van der Waals surface area contributed by atoms with Gasteiger partial charge in [0.1, 0.15) is 11.9 Å². The molecule has 17 heavy (non-hydrogen) atoms. The van der Waals surface area contributed by atoms with Gasteiger partial charge in [-0.05, 0) is 19.3 Å². The normalized spacial score (nSPS) is 22.0. The van der Waals surface area contributed by atoms with E-state index in [1.54, 1.807) is 7.11 Å². The number of nitrogens with zero attached hydrogens (tertiary/aromatic N) is 2. The Hall–Kier alpha value is -1.23. The molecule has 5 nitrogen and oxygen atoms in total. The lowest BCUT2D eigenvalue weighted by atomic mass is 10.1. The monoisotopic (exact) mass is 238 g/mol. The second kappa shape index (κ2) is 5.40. The van der Waals surface area contributed by atoms with E-state index >= 15 is 0 Å². The van der Waals surface area contributed by atoms with Gasteiger partial charge in [-0.2, -0.15) is 4.98 Å². The van der Waals surface area contributed by atoms with Crippen LogP contribution in [-0.4, -0.2) is 23.0 Å². The van der Waals surface area contributed by atoms with Crippen molar-refractivity contribution in [2.45, 2.75) is 51.0 Å². The average Bonchev–Trinajstić information content (AvgIpc) is 2.94. The molecular formula is C12H18N2O3. The van der Waals surface area contributed by atoms with Crippen LogP contribution in [0.15, 0.2) is 4.52 Å². The fourth-order valence-corrected chi connectivity index (χ4v) is 2.21. The van der Waals surface area contributed by atoms with Crippen LogP contribution in [0.5, 0.6) is 0 Å². The summed E-state index contributed by atoms with van der Waals surface area (Å²) in [6, 6.07) is 0. The Morgan fingerprint density at radius 2 is 2.41 bits per heavy atom. The molecule has 1 fully saturated rings. The molecule has 94 valence electrons. The zero-order chi connectivity index (χ0) is 12.3. The van der Waals surface area contributed by atoms with E-state index in [1.807, 2.05) is 0 Å². The Balaban J connectivity index is 2.11.